The molecule has 0 aliphatic heterocycles. The van der Waals surface area contributed by atoms with E-state index in [1.54, 1.807) is 0 Å². The molecule has 4 heteroatoms. The maximum absolute atomic E-state index is 5.41. The number of hydrogen-bond acceptors (Lipinski definition) is 4. The van der Waals surface area contributed by atoms with Gasteiger partial charge in [0.15, 0.2) is 5.82 Å². The van der Waals surface area contributed by atoms with Crippen LogP contribution in [0.3, 0.4) is 0 Å². The van der Waals surface area contributed by atoms with Crippen molar-refractivity contribution in [3.05, 3.63) is 11.7 Å². The first-order chi connectivity index (χ1) is 6.90. The maximum Gasteiger partial charge on any atom is 0.226 e. The number of aromatic nitrogens is 2. The fraction of sp³-hybridized carbons (Fsp3) is 0.818. The highest BCUT2D eigenvalue weighted by atomic mass is 16.5. The number of nitrogens with two attached hydrogens (primary N) is 1. The summed E-state index contributed by atoms with van der Waals surface area (Å²) >= 11 is 0. The van der Waals surface area contributed by atoms with E-state index in [-0.39, 0.29) is 0 Å². The van der Waals surface area contributed by atoms with Gasteiger partial charge in [0, 0.05) is 6.42 Å². The molecule has 1 unspecified atom stereocenters. The van der Waals surface area contributed by atoms with Crippen molar-refractivity contribution in [3.63, 3.8) is 0 Å². The van der Waals surface area contributed by atoms with Crippen LogP contribution in [0.4, 0.5) is 0 Å². The molecular weight excluding hydrogens is 190 g/mol. The van der Waals surface area contributed by atoms with Crippen molar-refractivity contribution in [1.29, 1.82) is 0 Å². The zero-order chi connectivity index (χ0) is 11.5. The van der Waals surface area contributed by atoms with Crippen molar-refractivity contribution in [2.45, 2.75) is 47.1 Å². The first-order valence-electron chi connectivity index (χ1n) is 5.42. The number of rotatable bonds is 4. The van der Waals surface area contributed by atoms with Gasteiger partial charge in [0.25, 0.3) is 0 Å². The molecule has 4 nitrogen and oxygen atoms in total. The zero-order valence-electron chi connectivity index (χ0n) is 10.1. The van der Waals surface area contributed by atoms with Crippen LogP contribution in [0.25, 0.3) is 0 Å². The van der Waals surface area contributed by atoms with Crippen LogP contribution in [0.1, 0.15) is 45.8 Å². The van der Waals surface area contributed by atoms with Crippen LogP contribution in [0.2, 0.25) is 0 Å². The van der Waals surface area contributed by atoms with Crippen LogP contribution in [-0.4, -0.2) is 10.1 Å². The van der Waals surface area contributed by atoms with Crippen molar-refractivity contribution in [1.82, 2.24) is 10.1 Å². The second-order valence-corrected chi connectivity index (χ2v) is 5.38. The topological polar surface area (TPSA) is 64.9 Å². The lowest BCUT2D eigenvalue weighted by molar-refractivity contribution is 0.282. The molecule has 0 saturated carbocycles. The summed E-state index contributed by atoms with van der Waals surface area (Å²) in [6.07, 6.45) is 1.98. The second-order valence-electron chi connectivity index (χ2n) is 5.38. The fourth-order valence-corrected chi connectivity index (χ4v) is 1.87. The van der Waals surface area contributed by atoms with Gasteiger partial charge in [0.1, 0.15) is 0 Å². The molecule has 15 heavy (non-hydrogen) atoms. The molecule has 0 aromatic carbocycles. The third kappa shape index (κ3) is 4.42. The smallest absolute Gasteiger partial charge is 0.226 e. The highest BCUT2D eigenvalue weighted by molar-refractivity contribution is 4.87. The summed E-state index contributed by atoms with van der Waals surface area (Å²) in [6.45, 7) is 9.27. The molecule has 86 valence electrons. The molecule has 0 aliphatic carbocycles. The Bertz CT molecular complexity index is 301. The fourth-order valence-electron chi connectivity index (χ4n) is 1.87. The molecule has 0 saturated heterocycles. The van der Waals surface area contributed by atoms with Crippen molar-refractivity contribution in [2.75, 3.05) is 0 Å². The van der Waals surface area contributed by atoms with Gasteiger partial charge in [-0.15, -0.1) is 0 Å². The van der Waals surface area contributed by atoms with E-state index in [9.17, 15) is 0 Å². The third-order valence-corrected chi connectivity index (χ3v) is 2.18. The Hall–Kier alpha value is -0.900. The largest absolute Gasteiger partial charge is 0.339 e. The summed E-state index contributed by atoms with van der Waals surface area (Å²) in [7, 11) is 0. The van der Waals surface area contributed by atoms with Crippen LogP contribution in [0.15, 0.2) is 4.52 Å². The molecule has 2 N–H and O–H groups in total. The third-order valence-electron chi connectivity index (χ3n) is 2.18. The van der Waals surface area contributed by atoms with Crippen molar-refractivity contribution >= 4 is 0 Å². The van der Waals surface area contributed by atoms with E-state index in [1.807, 2.05) is 0 Å². The zero-order valence-corrected chi connectivity index (χ0v) is 10.1. The van der Waals surface area contributed by atoms with E-state index in [0.29, 0.717) is 29.6 Å². The van der Waals surface area contributed by atoms with Crippen molar-refractivity contribution in [2.24, 2.45) is 17.1 Å². The van der Waals surface area contributed by atoms with Gasteiger partial charge in [0.05, 0.1) is 6.54 Å². The second kappa shape index (κ2) is 4.75. The van der Waals surface area contributed by atoms with E-state index in [2.05, 4.69) is 37.8 Å². The average Bonchev–Trinajstić information content (AvgIpc) is 2.48. The van der Waals surface area contributed by atoms with Crippen LogP contribution in [-0.2, 0) is 13.0 Å². The average molecular weight is 211 g/mol. The predicted molar refractivity (Wildman–Crippen MR) is 59.1 cm³/mol. The SMILES string of the molecule is CC(Cc1nc(CN)no1)CC(C)(C)C. The van der Waals surface area contributed by atoms with Gasteiger partial charge in [-0.3, -0.25) is 0 Å². The van der Waals surface area contributed by atoms with Gasteiger partial charge >= 0.3 is 0 Å². The van der Waals surface area contributed by atoms with E-state index in [0.717, 1.165) is 12.8 Å². The van der Waals surface area contributed by atoms with Crippen LogP contribution >= 0.6 is 0 Å². The lowest BCUT2D eigenvalue weighted by Crippen LogP contribution is -2.13. The molecule has 1 rings (SSSR count). The quantitative estimate of drug-likeness (QED) is 0.828. The summed E-state index contributed by atoms with van der Waals surface area (Å²) in [5, 5.41) is 3.77. The molecule has 0 bridgehead atoms. The van der Waals surface area contributed by atoms with Gasteiger partial charge in [-0.2, -0.15) is 4.98 Å². The molecule has 0 radical (unpaired) electrons. The Morgan fingerprint density at radius 2 is 2.07 bits per heavy atom. The summed E-state index contributed by atoms with van der Waals surface area (Å²) in [5.74, 6) is 1.84. The lowest BCUT2D eigenvalue weighted by atomic mass is 9.84. The van der Waals surface area contributed by atoms with Gasteiger partial charge in [-0.25, -0.2) is 0 Å². The maximum atomic E-state index is 5.41. The predicted octanol–water partition coefficient (Wildman–Crippen LogP) is 2.14. The van der Waals surface area contributed by atoms with Gasteiger partial charge in [-0.05, 0) is 17.8 Å². The minimum atomic E-state index is 0.343. The molecular formula is C11H21N3O. The summed E-state index contributed by atoms with van der Waals surface area (Å²) < 4.78 is 5.10. The molecule has 0 amide bonds. The monoisotopic (exact) mass is 211 g/mol. The molecule has 0 spiro atoms. The van der Waals surface area contributed by atoms with Crippen LogP contribution in [0, 0.1) is 11.3 Å². The molecule has 0 fully saturated rings. The Morgan fingerprint density at radius 1 is 1.40 bits per heavy atom. The minimum Gasteiger partial charge on any atom is -0.339 e. The molecule has 1 aromatic rings. The molecule has 1 aromatic heterocycles. The first-order valence-corrected chi connectivity index (χ1v) is 5.42. The lowest BCUT2D eigenvalue weighted by Gasteiger charge is -2.21. The van der Waals surface area contributed by atoms with E-state index >= 15 is 0 Å². The van der Waals surface area contributed by atoms with E-state index < -0.39 is 0 Å². The van der Waals surface area contributed by atoms with Crippen molar-refractivity contribution in [3.8, 4) is 0 Å². The summed E-state index contributed by atoms with van der Waals surface area (Å²) in [6, 6.07) is 0. The van der Waals surface area contributed by atoms with Crippen LogP contribution in [0.5, 0.6) is 0 Å². The Balaban J connectivity index is 2.47. The van der Waals surface area contributed by atoms with Gasteiger partial charge in [-0.1, -0.05) is 32.9 Å². The number of hydrogen-bond donors (Lipinski definition) is 1. The summed E-state index contributed by atoms with van der Waals surface area (Å²) in [5.41, 5.74) is 5.75. The van der Waals surface area contributed by atoms with Crippen molar-refractivity contribution < 1.29 is 4.52 Å². The Kier molecular flexibility index (Phi) is 3.85. The Labute approximate surface area is 91.2 Å². The van der Waals surface area contributed by atoms with Gasteiger partial charge in [0.2, 0.25) is 5.89 Å². The summed E-state index contributed by atoms with van der Waals surface area (Å²) in [4.78, 5) is 4.20. The Morgan fingerprint density at radius 3 is 2.53 bits per heavy atom. The van der Waals surface area contributed by atoms with Gasteiger partial charge < -0.3 is 10.3 Å². The minimum absolute atomic E-state index is 0.343. The van der Waals surface area contributed by atoms with E-state index in [1.165, 1.54) is 0 Å². The molecule has 1 atom stereocenters. The first kappa shape index (κ1) is 12.2. The molecule has 1 heterocycles. The van der Waals surface area contributed by atoms with E-state index in [4.69, 9.17) is 10.3 Å². The highest BCUT2D eigenvalue weighted by Gasteiger charge is 2.17. The standard InChI is InChI=1S/C11H21N3O/c1-8(6-11(2,3)4)5-10-13-9(7-12)14-15-10/h8H,5-7,12H2,1-4H3. The number of nitrogens with zero attached hydrogens (tertiary/aromatic N) is 2. The van der Waals surface area contributed by atoms with Crippen LogP contribution < -0.4 is 5.73 Å². The normalized spacial score (nSPS) is 14.2. The molecule has 0 aliphatic rings. The highest BCUT2D eigenvalue weighted by Crippen LogP contribution is 2.25.